The molecule has 0 saturated carbocycles. The minimum absolute atomic E-state index is 0.357. The van der Waals surface area contributed by atoms with Crippen LogP contribution in [0.3, 0.4) is 0 Å². The van der Waals surface area contributed by atoms with E-state index in [1.54, 1.807) is 24.3 Å². The van der Waals surface area contributed by atoms with Crippen LogP contribution in [0.25, 0.3) is 0 Å². The van der Waals surface area contributed by atoms with Crippen LogP contribution in [0, 0.1) is 6.92 Å². The molecule has 0 radical (unpaired) electrons. The molecule has 0 aliphatic carbocycles. The smallest absolute Gasteiger partial charge is 0.457 e. The summed E-state index contributed by atoms with van der Waals surface area (Å²) in [6.45, 7) is 1.94. The highest BCUT2D eigenvalue weighted by atomic mass is 16.5. The summed E-state index contributed by atoms with van der Waals surface area (Å²) < 4.78 is 5.68. The summed E-state index contributed by atoms with van der Waals surface area (Å²) in [5.74, 6) is 1.16. The Bertz CT molecular complexity index is 512. The van der Waals surface area contributed by atoms with Crippen molar-refractivity contribution < 1.29 is 14.8 Å². The van der Waals surface area contributed by atoms with Gasteiger partial charge < -0.3 is 14.8 Å². The predicted molar refractivity (Wildman–Crippen MR) is 67.5 cm³/mol. The van der Waals surface area contributed by atoms with E-state index in [0.717, 1.165) is 5.56 Å². The lowest BCUT2D eigenvalue weighted by Crippen LogP contribution is -2.30. The van der Waals surface area contributed by atoms with E-state index >= 15 is 0 Å². The van der Waals surface area contributed by atoms with Crippen LogP contribution in [-0.4, -0.2) is 17.2 Å². The Labute approximate surface area is 100 Å². The van der Waals surface area contributed by atoms with Gasteiger partial charge in [-0.05, 0) is 24.6 Å². The molecule has 0 amide bonds. The van der Waals surface area contributed by atoms with E-state index in [1.165, 1.54) is 0 Å². The molecule has 17 heavy (non-hydrogen) atoms. The van der Waals surface area contributed by atoms with Crippen LogP contribution < -0.4 is 10.2 Å². The molecule has 0 spiro atoms. The molecule has 2 N–H and O–H groups in total. The fourth-order valence-electron chi connectivity index (χ4n) is 1.58. The number of hydrogen-bond donors (Lipinski definition) is 2. The fraction of sp³-hybridized carbons (Fsp3) is 0.0769. The molecule has 0 heterocycles. The van der Waals surface area contributed by atoms with Gasteiger partial charge in [0.25, 0.3) is 0 Å². The van der Waals surface area contributed by atoms with Crippen LogP contribution >= 0.6 is 0 Å². The van der Waals surface area contributed by atoms with Crippen LogP contribution in [0.2, 0.25) is 0 Å². The Kier molecular flexibility index (Phi) is 3.47. The van der Waals surface area contributed by atoms with Crippen molar-refractivity contribution in [2.75, 3.05) is 0 Å². The summed E-state index contributed by atoms with van der Waals surface area (Å²) in [4.78, 5) is 0. The molecule has 4 heteroatoms. The van der Waals surface area contributed by atoms with Gasteiger partial charge in [-0.1, -0.05) is 36.4 Å². The molecule has 3 nitrogen and oxygen atoms in total. The van der Waals surface area contributed by atoms with Crippen LogP contribution in [0.5, 0.6) is 11.5 Å². The van der Waals surface area contributed by atoms with Crippen molar-refractivity contribution in [2.24, 2.45) is 0 Å². The molecule has 0 unspecified atom stereocenters. The van der Waals surface area contributed by atoms with Crippen molar-refractivity contribution in [3.63, 3.8) is 0 Å². The van der Waals surface area contributed by atoms with E-state index in [1.807, 2.05) is 31.2 Å². The normalized spacial score (nSPS) is 10.1. The minimum Gasteiger partial charge on any atom is -0.457 e. The van der Waals surface area contributed by atoms with Gasteiger partial charge in [0.2, 0.25) is 0 Å². The number of rotatable bonds is 3. The van der Waals surface area contributed by atoms with E-state index in [-0.39, 0.29) is 0 Å². The number of benzene rings is 2. The first-order valence-electron chi connectivity index (χ1n) is 5.37. The van der Waals surface area contributed by atoms with E-state index < -0.39 is 7.12 Å². The molecule has 0 aliphatic rings. The highest BCUT2D eigenvalue weighted by Crippen LogP contribution is 2.23. The summed E-state index contributed by atoms with van der Waals surface area (Å²) in [7, 11) is -1.53. The van der Waals surface area contributed by atoms with Crippen LogP contribution in [0.4, 0.5) is 0 Å². The summed E-state index contributed by atoms with van der Waals surface area (Å²) in [5.41, 5.74) is 1.35. The first-order chi connectivity index (χ1) is 8.18. The molecule has 0 saturated heterocycles. The van der Waals surface area contributed by atoms with E-state index in [0.29, 0.717) is 17.0 Å². The number of ether oxygens (including phenoxy) is 1. The Morgan fingerprint density at radius 2 is 1.47 bits per heavy atom. The molecule has 0 fully saturated rings. The maximum atomic E-state index is 9.23. The molecule has 0 aromatic heterocycles. The van der Waals surface area contributed by atoms with Crippen LogP contribution in [0.1, 0.15) is 5.56 Å². The lowest BCUT2D eigenvalue weighted by Gasteiger charge is -2.12. The molecular weight excluding hydrogens is 215 g/mol. The van der Waals surface area contributed by atoms with E-state index in [9.17, 15) is 10.0 Å². The standard InChI is InChI=1S/C13H13BO3/c1-10-6-2-4-8-12(10)17-13-9-5-3-7-11(13)14(15)16/h2-9,15-16H,1H3. The van der Waals surface area contributed by atoms with Gasteiger partial charge in [0.15, 0.2) is 0 Å². The van der Waals surface area contributed by atoms with Gasteiger partial charge in [0.05, 0.1) is 0 Å². The Balaban J connectivity index is 2.34. The van der Waals surface area contributed by atoms with Gasteiger partial charge in [-0.25, -0.2) is 0 Å². The number of para-hydroxylation sites is 2. The molecule has 0 atom stereocenters. The van der Waals surface area contributed by atoms with Crippen molar-refractivity contribution in [2.45, 2.75) is 6.92 Å². The van der Waals surface area contributed by atoms with Gasteiger partial charge in [-0.3, -0.25) is 0 Å². The topological polar surface area (TPSA) is 49.7 Å². The molecular formula is C13H13BO3. The molecule has 0 aliphatic heterocycles. The van der Waals surface area contributed by atoms with Gasteiger partial charge in [-0.15, -0.1) is 0 Å². The zero-order chi connectivity index (χ0) is 12.3. The fourth-order valence-corrected chi connectivity index (χ4v) is 1.58. The van der Waals surface area contributed by atoms with Crippen molar-refractivity contribution in [3.05, 3.63) is 54.1 Å². The summed E-state index contributed by atoms with van der Waals surface area (Å²) in [6.07, 6.45) is 0. The van der Waals surface area contributed by atoms with Crippen molar-refractivity contribution in [1.82, 2.24) is 0 Å². The Hall–Kier alpha value is -1.78. The van der Waals surface area contributed by atoms with Crippen LogP contribution in [0.15, 0.2) is 48.5 Å². The highest BCUT2D eigenvalue weighted by molar-refractivity contribution is 6.59. The van der Waals surface area contributed by atoms with Gasteiger partial charge in [-0.2, -0.15) is 0 Å². The van der Waals surface area contributed by atoms with Gasteiger partial charge >= 0.3 is 7.12 Å². The molecule has 2 aromatic rings. The highest BCUT2D eigenvalue weighted by Gasteiger charge is 2.17. The predicted octanol–water partition coefficient (Wildman–Crippen LogP) is 1.47. The van der Waals surface area contributed by atoms with E-state index in [2.05, 4.69) is 0 Å². The lowest BCUT2D eigenvalue weighted by molar-refractivity contribution is 0.420. The monoisotopic (exact) mass is 228 g/mol. The maximum Gasteiger partial charge on any atom is 0.492 e. The second-order valence-electron chi connectivity index (χ2n) is 3.78. The average molecular weight is 228 g/mol. The van der Waals surface area contributed by atoms with Crippen molar-refractivity contribution >= 4 is 12.6 Å². The minimum atomic E-state index is -1.53. The zero-order valence-corrected chi connectivity index (χ0v) is 9.50. The third-order valence-electron chi connectivity index (χ3n) is 2.51. The third kappa shape index (κ3) is 2.67. The first kappa shape index (κ1) is 11.7. The Morgan fingerprint density at radius 3 is 2.12 bits per heavy atom. The van der Waals surface area contributed by atoms with Crippen molar-refractivity contribution in [3.8, 4) is 11.5 Å². The molecule has 0 bridgehead atoms. The number of aryl methyl sites for hydroxylation is 1. The summed E-state index contributed by atoms with van der Waals surface area (Å²) in [5, 5.41) is 18.5. The summed E-state index contributed by atoms with van der Waals surface area (Å²) in [6, 6.07) is 14.4. The largest absolute Gasteiger partial charge is 0.492 e. The lowest BCUT2D eigenvalue weighted by atomic mass is 9.79. The van der Waals surface area contributed by atoms with Crippen molar-refractivity contribution in [1.29, 1.82) is 0 Å². The third-order valence-corrected chi connectivity index (χ3v) is 2.51. The van der Waals surface area contributed by atoms with E-state index in [4.69, 9.17) is 4.74 Å². The van der Waals surface area contributed by atoms with Gasteiger partial charge in [0.1, 0.15) is 11.5 Å². The summed E-state index contributed by atoms with van der Waals surface area (Å²) >= 11 is 0. The van der Waals surface area contributed by atoms with Gasteiger partial charge in [0, 0.05) is 5.46 Å². The first-order valence-corrected chi connectivity index (χ1v) is 5.37. The Morgan fingerprint density at radius 1 is 0.882 bits per heavy atom. The SMILES string of the molecule is Cc1ccccc1Oc1ccccc1B(O)O. The molecule has 2 aromatic carbocycles. The molecule has 86 valence electrons. The molecule has 2 rings (SSSR count). The second kappa shape index (κ2) is 5.04. The van der Waals surface area contributed by atoms with Crippen LogP contribution in [-0.2, 0) is 0 Å². The zero-order valence-electron chi connectivity index (χ0n) is 9.50. The number of hydrogen-bond acceptors (Lipinski definition) is 3. The average Bonchev–Trinajstić information content (AvgIpc) is 2.32. The maximum absolute atomic E-state index is 9.23. The quantitative estimate of drug-likeness (QED) is 0.782. The second-order valence-corrected chi connectivity index (χ2v) is 3.78.